The van der Waals surface area contributed by atoms with Crippen molar-refractivity contribution in [2.75, 3.05) is 12.4 Å². The number of hydrogen-bond acceptors (Lipinski definition) is 4. The normalized spacial score (nSPS) is 10.1. The third kappa shape index (κ3) is 3.25. The summed E-state index contributed by atoms with van der Waals surface area (Å²) in [6, 6.07) is 2.79. The molecule has 0 saturated heterocycles. The predicted octanol–water partition coefficient (Wildman–Crippen LogP) is 3.32. The van der Waals surface area contributed by atoms with E-state index in [0.717, 1.165) is 0 Å². The Kier molecular flexibility index (Phi) is 4.69. The van der Waals surface area contributed by atoms with E-state index in [1.807, 2.05) is 0 Å². The summed E-state index contributed by atoms with van der Waals surface area (Å²) in [5, 5.41) is 11.0. The van der Waals surface area contributed by atoms with Crippen LogP contribution in [0.2, 0.25) is 5.02 Å². The van der Waals surface area contributed by atoms with Crippen molar-refractivity contribution in [3.05, 3.63) is 31.7 Å². The molecule has 0 unspecified atom stereocenters. The SMILES string of the molecule is O=[N+]([O-])c1cc(Cl)cc(Br)c1OCCS. The Morgan fingerprint density at radius 1 is 1.60 bits per heavy atom. The van der Waals surface area contributed by atoms with Gasteiger partial charge < -0.3 is 4.74 Å². The Bertz CT molecular complexity index is 388. The molecule has 0 aliphatic carbocycles. The van der Waals surface area contributed by atoms with Crippen LogP contribution in [0.3, 0.4) is 0 Å². The highest BCUT2D eigenvalue weighted by atomic mass is 79.9. The van der Waals surface area contributed by atoms with E-state index < -0.39 is 4.92 Å². The van der Waals surface area contributed by atoms with Gasteiger partial charge >= 0.3 is 5.69 Å². The third-order valence-corrected chi connectivity index (χ3v) is 2.51. The second kappa shape index (κ2) is 5.58. The molecule has 0 aliphatic rings. The van der Waals surface area contributed by atoms with Gasteiger partial charge in [-0.25, -0.2) is 0 Å². The van der Waals surface area contributed by atoms with Crippen LogP contribution in [0.15, 0.2) is 16.6 Å². The monoisotopic (exact) mass is 311 g/mol. The molecule has 0 N–H and O–H groups in total. The molecule has 0 fully saturated rings. The lowest BCUT2D eigenvalue weighted by Gasteiger charge is -2.07. The lowest BCUT2D eigenvalue weighted by Crippen LogP contribution is -2.02. The van der Waals surface area contributed by atoms with Gasteiger partial charge in [-0.05, 0) is 22.0 Å². The van der Waals surface area contributed by atoms with E-state index in [1.165, 1.54) is 6.07 Å². The molecular formula is C8H7BrClNO3S. The molecule has 1 aromatic carbocycles. The summed E-state index contributed by atoms with van der Waals surface area (Å²) < 4.78 is 5.67. The molecule has 1 aromatic rings. The molecule has 15 heavy (non-hydrogen) atoms. The summed E-state index contributed by atoms with van der Waals surface area (Å²) in [7, 11) is 0. The minimum absolute atomic E-state index is 0.156. The first-order valence-electron chi connectivity index (χ1n) is 3.93. The van der Waals surface area contributed by atoms with Crippen LogP contribution in [-0.4, -0.2) is 17.3 Å². The van der Waals surface area contributed by atoms with E-state index in [1.54, 1.807) is 6.07 Å². The van der Waals surface area contributed by atoms with Crippen molar-refractivity contribution in [3.63, 3.8) is 0 Å². The molecular weight excluding hydrogens is 306 g/mol. The van der Waals surface area contributed by atoms with Gasteiger partial charge in [-0.1, -0.05) is 11.6 Å². The first kappa shape index (κ1) is 12.6. The number of nitro benzene ring substituents is 1. The van der Waals surface area contributed by atoms with Gasteiger partial charge in [-0.3, -0.25) is 10.1 Å². The van der Waals surface area contributed by atoms with Crippen molar-refractivity contribution in [2.24, 2.45) is 0 Å². The maximum absolute atomic E-state index is 10.7. The number of nitro groups is 1. The Morgan fingerprint density at radius 3 is 2.80 bits per heavy atom. The molecule has 0 amide bonds. The minimum Gasteiger partial charge on any atom is -0.485 e. The Labute approximate surface area is 105 Å². The van der Waals surface area contributed by atoms with E-state index in [-0.39, 0.29) is 16.5 Å². The van der Waals surface area contributed by atoms with E-state index in [4.69, 9.17) is 16.3 Å². The van der Waals surface area contributed by atoms with Gasteiger partial charge in [-0.15, -0.1) is 0 Å². The van der Waals surface area contributed by atoms with Crippen molar-refractivity contribution in [2.45, 2.75) is 0 Å². The first-order valence-corrected chi connectivity index (χ1v) is 5.73. The summed E-state index contributed by atoms with van der Waals surface area (Å²) >= 11 is 12.8. The van der Waals surface area contributed by atoms with Crippen molar-refractivity contribution < 1.29 is 9.66 Å². The Morgan fingerprint density at radius 2 is 2.27 bits per heavy atom. The maximum Gasteiger partial charge on any atom is 0.313 e. The molecule has 4 nitrogen and oxygen atoms in total. The third-order valence-electron chi connectivity index (χ3n) is 1.52. The topological polar surface area (TPSA) is 52.4 Å². The van der Waals surface area contributed by atoms with E-state index >= 15 is 0 Å². The van der Waals surface area contributed by atoms with Crippen LogP contribution in [-0.2, 0) is 0 Å². The maximum atomic E-state index is 10.7. The lowest BCUT2D eigenvalue weighted by atomic mass is 10.3. The number of thiol groups is 1. The van der Waals surface area contributed by atoms with E-state index in [2.05, 4.69) is 28.6 Å². The van der Waals surface area contributed by atoms with Gasteiger partial charge in [0, 0.05) is 16.8 Å². The molecule has 82 valence electrons. The smallest absolute Gasteiger partial charge is 0.313 e. The predicted molar refractivity (Wildman–Crippen MR) is 65.2 cm³/mol. The van der Waals surface area contributed by atoms with Crippen LogP contribution < -0.4 is 4.74 Å². The molecule has 0 aromatic heterocycles. The summed E-state index contributed by atoms with van der Waals surface area (Å²) in [6.45, 7) is 0.296. The van der Waals surface area contributed by atoms with Crippen LogP contribution >= 0.6 is 40.2 Å². The number of hydrogen-bond donors (Lipinski definition) is 1. The zero-order chi connectivity index (χ0) is 11.4. The average molecular weight is 313 g/mol. The van der Waals surface area contributed by atoms with Gasteiger partial charge in [-0.2, -0.15) is 12.6 Å². The average Bonchev–Trinajstić information content (AvgIpc) is 2.15. The first-order chi connectivity index (χ1) is 7.06. The molecule has 0 spiro atoms. The zero-order valence-corrected chi connectivity index (χ0v) is 10.7. The Balaban J connectivity index is 3.15. The minimum atomic E-state index is -0.537. The van der Waals surface area contributed by atoms with E-state index in [0.29, 0.717) is 16.8 Å². The van der Waals surface area contributed by atoms with Gasteiger partial charge in [0.05, 0.1) is 16.0 Å². The standard InChI is InChI=1S/C8H7BrClNO3S/c9-6-3-5(10)4-7(11(12)13)8(6)14-1-2-15/h3-4,15H,1-2H2. The fourth-order valence-electron chi connectivity index (χ4n) is 0.973. The zero-order valence-electron chi connectivity index (χ0n) is 7.44. The lowest BCUT2D eigenvalue weighted by molar-refractivity contribution is -0.385. The van der Waals surface area contributed by atoms with Crippen LogP contribution in [0.5, 0.6) is 5.75 Å². The molecule has 0 bridgehead atoms. The van der Waals surface area contributed by atoms with Gasteiger partial charge in [0.15, 0.2) is 0 Å². The quantitative estimate of drug-likeness (QED) is 0.527. The highest BCUT2D eigenvalue weighted by molar-refractivity contribution is 9.10. The molecule has 0 heterocycles. The van der Waals surface area contributed by atoms with Crippen LogP contribution in [0.1, 0.15) is 0 Å². The van der Waals surface area contributed by atoms with E-state index in [9.17, 15) is 10.1 Å². The number of ether oxygens (including phenoxy) is 1. The van der Waals surface area contributed by atoms with Crippen molar-refractivity contribution in [1.29, 1.82) is 0 Å². The second-order valence-electron chi connectivity index (χ2n) is 2.57. The molecule has 0 aliphatic heterocycles. The van der Waals surface area contributed by atoms with Crippen LogP contribution in [0.4, 0.5) is 5.69 Å². The summed E-state index contributed by atoms with van der Waals surface area (Å²) in [5.74, 6) is 0.658. The molecule has 7 heteroatoms. The Hall–Kier alpha value is -0.460. The van der Waals surface area contributed by atoms with Crippen molar-refractivity contribution in [1.82, 2.24) is 0 Å². The van der Waals surface area contributed by atoms with Crippen LogP contribution in [0, 0.1) is 10.1 Å². The summed E-state index contributed by atoms with van der Waals surface area (Å²) in [6.07, 6.45) is 0. The van der Waals surface area contributed by atoms with Gasteiger partial charge in [0.25, 0.3) is 0 Å². The van der Waals surface area contributed by atoms with Gasteiger partial charge in [0.2, 0.25) is 5.75 Å². The fourth-order valence-corrected chi connectivity index (χ4v) is 1.97. The number of halogens is 2. The van der Waals surface area contributed by atoms with Crippen molar-refractivity contribution in [3.8, 4) is 5.75 Å². The van der Waals surface area contributed by atoms with Gasteiger partial charge in [0.1, 0.15) is 0 Å². The molecule has 1 rings (SSSR count). The highest BCUT2D eigenvalue weighted by Gasteiger charge is 2.19. The number of rotatable bonds is 4. The van der Waals surface area contributed by atoms with Crippen LogP contribution in [0.25, 0.3) is 0 Å². The fraction of sp³-hybridized carbons (Fsp3) is 0.250. The summed E-state index contributed by atoms with van der Waals surface area (Å²) in [5.41, 5.74) is -0.156. The molecule has 0 saturated carbocycles. The highest BCUT2D eigenvalue weighted by Crippen LogP contribution is 2.37. The van der Waals surface area contributed by atoms with Crippen molar-refractivity contribution >= 4 is 45.8 Å². The summed E-state index contributed by atoms with van der Waals surface area (Å²) in [4.78, 5) is 10.2. The second-order valence-corrected chi connectivity index (χ2v) is 4.30. The number of nitrogens with zero attached hydrogens (tertiary/aromatic N) is 1. The molecule has 0 radical (unpaired) electrons. The number of benzene rings is 1. The molecule has 0 atom stereocenters. The largest absolute Gasteiger partial charge is 0.485 e.